The number of aliphatic hydroxyl groups is 1. The first-order valence-corrected chi connectivity index (χ1v) is 10.2. The minimum Gasteiger partial charge on any atom is -0.462 e. The fourth-order valence-electron chi connectivity index (χ4n) is 3.41. The van der Waals surface area contributed by atoms with Crippen LogP contribution in [0.2, 0.25) is 0 Å². The first-order valence-electron chi connectivity index (χ1n) is 10.2. The zero-order valence-corrected chi connectivity index (χ0v) is 17.4. The maximum Gasteiger partial charge on any atom is 0.333 e. The minimum absolute atomic E-state index is 0.0592. The Morgan fingerprint density at radius 1 is 1.00 bits per heavy atom. The molecule has 150 valence electrons. The Balaban J connectivity index is 2.28. The molecule has 3 heteroatoms. The first-order chi connectivity index (χ1) is 13.5. The van der Waals surface area contributed by atoms with Crippen molar-refractivity contribution in [1.29, 1.82) is 0 Å². The van der Waals surface area contributed by atoms with Gasteiger partial charge in [-0.05, 0) is 66.0 Å². The van der Waals surface area contributed by atoms with Crippen LogP contribution in [0.1, 0.15) is 55.9 Å². The average Bonchev–Trinajstić information content (AvgIpc) is 2.71. The van der Waals surface area contributed by atoms with Gasteiger partial charge in [-0.2, -0.15) is 0 Å². The number of carbonyl (C=O) groups is 1. The topological polar surface area (TPSA) is 46.5 Å². The molecule has 0 aromatic heterocycles. The first kappa shape index (κ1) is 21.9. The number of hydrogen-bond acceptors (Lipinski definition) is 3. The van der Waals surface area contributed by atoms with Crippen LogP contribution >= 0.6 is 0 Å². The predicted molar refractivity (Wildman–Crippen MR) is 115 cm³/mol. The highest BCUT2D eigenvalue weighted by atomic mass is 16.5. The summed E-state index contributed by atoms with van der Waals surface area (Å²) in [7, 11) is 0. The van der Waals surface area contributed by atoms with Crippen molar-refractivity contribution >= 4 is 5.97 Å². The van der Waals surface area contributed by atoms with Crippen molar-refractivity contribution in [3.05, 3.63) is 70.8 Å². The summed E-state index contributed by atoms with van der Waals surface area (Å²) in [4.78, 5) is 11.6. The quantitative estimate of drug-likeness (QED) is 0.340. The zero-order valence-electron chi connectivity index (χ0n) is 17.4. The number of carbonyl (C=O) groups excluding carboxylic acids is 1. The molecule has 28 heavy (non-hydrogen) atoms. The van der Waals surface area contributed by atoms with Crippen molar-refractivity contribution in [1.82, 2.24) is 0 Å². The molecule has 0 aliphatic rings. The molecular formula is C25H32O3. The van der Waals surface area contributed by atoms with E-state index in [9.17, 15) is 9.90 Å². The van der Waals surface area contributed by atoms with Gasteiger partial charge in [0, 0.05) is 5.57 Å². The van der Waals surface area contributed by atoms with E-state index in [0.717, 1.165) is 37.7 Å². The molecule has 3 nitrogen and oxygen atoms in total. The lowest BCUT2D eigenvalue weighted by Crippen LogP contribution is -2.07. The van der Waals surface area contributed by atoms with Gasteiger partial charge in [0.1, 0.15) is 0 Å². The standard InChI is InChI=1S/C25H32O3/c1-5-8-19-10-12-24(23-13-11-20(17-26)16-21(23)6-2)22(15-19)9-7-14-28-25(27)18(3)4/h10-13,15-16,26H,3,5-9,14,17H2,1-2,4H3. The molecule has 1 N–H and O–H groups in total. The number of aliphatic hydroxyl groups excluding tert-OH is 1. The largest absolute Gasteiger partial charge is 0.462 e. The summed E-state index contributed by atoms with van der Waals surface area (Å²) in [5.74, 6) is -0.326. The third kappa shape index (κ3) is 5.80. The van der Waals surface area contributed by atoms with Crippen molar-refractivity contribution in [3.8, 4) is 11.1 Å². The molecule has 0 spiro atoms. The fourth-order valence-corrected chi connectivity index (χ4v) is 3.41. The summed E-state index contributed by atoms with van der Waals surface area (Å²) >= 11 is 0. The van der Waals surface area contributed by atoms with Gasteiger partial charge in [0.15, 0.2) is 0 Å². The summed E-state index contributed by atoms with van der Waals surface area (Å²) in [5, 5.41) is 9.45. The van der Waals surface area contributed by atoms with E-state index < -0.39 is 0 Å². The van der Waals surface area contributed by atoms with Gasteiger partial charge in [-0.3, -0.25) is 0 Å². The van der Waals surface area contributed by atoms with E-state index in [1.807, 2.05) is 6.07 Å². The van der Waals surface area contributed by atoms with Crippen molar-refractivity contribution in [2.24, 2.45) is 0 Å². The molecule has 0 radical (unpaired) electrons. The van der Waals surface area contributed by atoms with Gasteiger partial charge in [-0.25, -0.2) is 4.79 Å². The van der Waals surface area contributed by atoms with Crippen LogP contribution in [-0.4, -0.2) is 17.7 Å². The smallest absolute Gasteiger partial charge is 0.333 e. The van der Waals surface area contributed by atoms with E-state index >= 15 is 0 Å². The Kier molecular flexibility index (Phi) is 8.46. The molecule has 0 saturated carbocycles. The lowest BCUT2D eigenvalue weighted by molar-refractivity contribution is -0.139. The summed E-state index contributed by atoms with van der Waals surface area (Å²) in [6, 6.07) is 12.9. The van der Waals surface area contributed by atoms with Gasteiger partial charge in [-0.1, -0.05) is 63.2 Å². The Morgan fingerprint density at radius 2 is 1.64 bits per heavy atom. The molecule has 2 rings (SSSR count). The molecular weight excluding hydrogens is 348 g/mol. The number of ether oxygens (including phenoxy) is 1. The molecule has 0 fully saturated rings. The van der Waals surface area contributed by atoms with Gasteiger partial charge in [0.2, 0.25) is 0 Å². The monoisotopic (exact) mass is 380 g/mol. The van der Waals surface area contributed by atoms with Gasteiger partial charge in [-0.15, -0.1) is 0 Å². The third-order valence-corrected chi connectivity index (χ3v) is 4.90. The van der Waals surface area contributed by atoms with Crippen LogP contribution in [0.3, 0.4) is 0 Å². The van der Waals surface area contributed by atoms with E-state index in [1.165, 1.54) is 27.8 Å². The second kappa shape index (κ2) is 10.8. The van der Waals surface area contributed by atoms with E-state index in [0.29, 0.717) is 12.2 Å². The maximum absolute atomic E-state index is 11.6. The van der Waals surface area contributed by atoms with Crippen LogP contribution in [0.25, 0.3) is 11.1 Å². The number of esters is 1. The predicted octanol–water partition coefficient (Wildman–Crippen LogP) is 5.41. The van der Waals surface area contributed by atoms with Crippen molar-refractivity contribution in [3.63, 3.8) is 0 Å². The molecule has 0 unspecified atom stereocenters. The second-order valence-corrected chi connectivity index (χ2v) is 7.26. The van der Waals surface area contributed by atoms with Crippen molar-refractivity contribution < 1.29 is 14.6 Å². The highest BCUT2D eigenvalue weighted by Gasteiger charge is 2.11. The zero-order chi connectivity index (χ0) is 20.5. The van der Waals surface area contributed by atoms with Crippen LogP contribution in [0, 0.1) is 0 Å². The molecule has 0 bridgehead atoms. The number of benzene rings is 2. The Bertz CT molecular complexity index is 821. The molecule has 0 atom stereocenters. The van der Waals surface area contributed by atoms with E-state index in [4.69, 9.17) is 4.74 Å². The average molecular weight is 381 g/mol. The highest BCUT2D eigenvalue weighted by molar-refractivity contribution is 5.86. The highest BCUT2D eigenvalue weighted by Crippen LogP contribution is 2.30. The van der Waals surface area contributed by atoms with Gasteiger partial charge in [0.25, 0.3) is 0 Å². The van der Waals surface area contributed by atoms with Crippen LogP contribution in [0.15, 0.2) is 48.6 Å². The van der Waals surface area contributed by atoms with E-state index in [1.54, 1.807) is 6.92 Å². The molecule has 0 saturated heterocycles. The Morgan fingerprint density at radius 3 is 2.25 bits per heavy atom. The maximum atomic E-state index is 11.6. The van der Waals surface area contributed by atoms with Crippen LogP contribution in [0.5, 0.6) is 0 Å². The number of rotatable bonds is 10. The Labute approximate surface area is 169 Å². The van der Waals surface area contributed by atoms with Gasteiger partial charge < -0.3 is 9.84 Å². The SMILES string of the molecule is C=C(C)C(=O)OCCCc1cc(CCC)ccc1-c1ccc(CO)cc1CC. The second-order valence-electron chi connectivity index (χ2n) is 7.26. The summed E-state index contributed by atoms with van der Waals surface area (Å²) < 4.78 is 5.26. The Hall–Kier alpha value is -2.39. The number of hydrogen-bond donors (Lipinski definition) is 1. The van der Waals surface area contributed by atoms with Crippen molar-refractivity contribution in [2.75, 3.05) is 6.61 Å². The summed E-state index contributed by atoms with van der Waals surface area (Å²) in [6.07, 6.45) is 4.71. The third-order valence-electron chi connectivity index (χ3n) is 4.90. The fraction of sp³-hybridized carbons (Fsp3) is 0.400. The lowest BCUT2D eigenvalue weighted by Gasteiger charge is -2.16. The molecule has 0 heterocycles. The van der Waals surface area contributed by atoms with Crippen LogP contribution in [-0.2, 0) is 35.4 Å². The molecule has 2 aromatic rings. The summed E-state index contributed by atoms with van der Waals surface area (Å²) in [5.41, 5.74) is 7.68. The normalized spacial score (nSPS) is 10.7. The van der Waals surface area contributed by atoms with Gasteiger partial charge in [0.05, 0.1) is 13.2 Å². The minimum atomic E-state index is -0.326. The molecule has 2 aromatic carbocycles. The van der Waals surface area contributed by atoms with Crippen LogP contribution < -0.4 is 0 Å². The molecule has 0 aliphatic heterocycles. The summed E-state index contributed by atoms with van der Waals surface area (Å²) in [6.45, 7) is 10.1. The lowest BCUT2D eigenvalue weighted by atomic mass is 9.89. The molecule has 0 amide bonds. The molecule has 0 aliphatic carbocycles. The van der Waals surface area contributed by atoms with Crippen LogP contribution in [0.4, 0.5) is 0 Å². The van der Waals surface area contributed by atoms with E-state index in [-0.39, 0.29) is 12.6 Å². The van der Waals surface area contributed by atoms with E-state index in [2.05, 4.69) is 50.8 Å². The van der Waals surface area contributed by atoms with Crippen molar-refractivity contribution in [2.45, 2.75) is 59.5 Å². The number of aryl methyl sites for hydroxylation is 3. The van der Waals surface area contributed by atoms with Gasteiger partial charge >= 0.3 is 5.97 Å².